The lowest BCUT2D eigenvalue weighted by Gasteiger charge is -2.33. The molecule has 1 aliphatic rings. The molecule has 0 unspecified atom stereocenters. The van der Waals surface area contributed by atoms with Crippen molar-refractivity contribution in [2.45, 2.75) is 32.4 Å². The van der Waals surface area contributed by atoms with Gasteiger partial charge in [0, 0.05) is 32.9 Å². The predicted octanol–water partition coefficient (Wildman–Crippen LogP) is 2.46. The zero-order chi connectivity index (χ0) is 19.1. The van der Waals surface area contributed by atoms with E-state index in [0.29, 0.717) is 12.6 Å². The summed E-state index contributed by atoms with van der Waals surface area (Å²) in [5.74, 6) is 1.76. The monoisotopic (exact) mass is 371 g/mol. The van der Waals surface area contributed by atoms with Gasteiger partial charge in [-0.2, -0.15) is 5.10 Å². The number of piperidine rings is 1. The Morgan fingerprint density at radius 2 is 1.96 bits per heavy atom. The van der Waals surface area contributed by atoms with E-state index in [2.05, 4.69) is 27.2 Å². The lowest BCUT2D eigenvalue weighted by molar-refractivity contribution is 0.0263. The molecule has 7 nitrogen and oxygen atoms in total. The molecule has 0 saturated carbocycles. The summed E-state index contributed by atoms with van der Waals surface area (Å²) in [5.41, 5.74) is 1.97. The summed E-state index contributed by atoms with van der Waals surface area (Å²) >= 11 is 0. The summed E-state index contributed by atoms with van der Waals surface area (Å²) in [6, 6.07) is 9.87. The minimum absolute atomic E-state index is 0.379. The van der Waals surface area contributed by atoms with Crippen LogP contribution in [0.3, 0.4) is 0 Å². The van der Waals surface area contributed by atoms with Gasteiger partial charge in [-0.1, -0.05) is 0 Å². The van der Waals surface area contributed by atoms with Crippen molar-refractivity contribution in [3.8, 4) is 11.4 Å². The average Bonchev–Trinajstić information content (AvgIpc) is 3.19. The first-order valence-corrected chi connectivity index (χ1v) is 9.49. The minimum Gasteiger partial charge on any atom is -0.497 e. The summed E-state index contributed by atoms with van der Waals surface area (Å²) in [7, 11) is 3.49. The maximum Gasteiger partial charge on any atom is 0.193 e. The van der Waals surface area contributed by atoms with E-state index in [-0.39, 0.29) is 0 Å². The molecule has 146 valence electrons. The number of nitrogens with one attached hydrogen (secondary N) is 1. The molecule has 0 amide bonds. The van der Waals surface area contributed by atoms with Crippen molar-refractivity contribution < 1.29 is 9.47 Å². The molecule has 1 aliphatic heterocycles. The molecule has 7 heteroatoms. The Balaban J connectivity index is 1.54. The summed E-state index contributed by atoms with van der Waals surface area (Å²) in [4.78, 5) is 6.71. The number of benzene rings is 1. The summed E-state index contributed by atoms with van der Waals surface area (Å²) in [6.07, 6.45) is 4.43. The molecule has 27 heavy (non-hydrogen) atoms. The number of hydrogen-bond acceptors (Lipinski definition) is 4. The van der Waals surface area contributed by atoms with Crippen molar-refractivity contribution in [1.29, 1.82) is 0 Å². The van der Waals surface area contributed by atoms with Crippen LogP contribution >= 0.6 is 0 Å². The Bertz CT molecular complexity index is 733. The van der Waals surface area contributed by atoms with Gasteiger partial charge in [-0.25, -0.2) is 4.68 Å². The van der Waals surface area contributed by atoms with Gasteiger partial charge in [0.1, 0.15) is 5.75 Å². The lowest BCUT2D eigenvalue weighted by atomic mass is 10.1. The first-order valence-electron chi connectivity index (χ1n) is 9.49. The number of guanidine groups is 1. The second-order valence-electron chi connectivity index (χ2n) is 6.49. The van der Waals surface area contributed by atoms with Gasteiger partial charge in [0.25, 0.3) is 0 Å². The molecule has 0 radical (unpaired) electrons. The number of rotatable bonds is 6. The van der Waals surface area contributed by atoms with E-state index in [4.69, 9.17) is 9.47 Å². The zero-order valence-electron chi connectivity index (χ0n) is 16.4. The third-order valence-corrected chi connectivity index (χ3v) is 4.76. The van der Waals surface area contributed by atoms with Crippen LogP contribution in [0.2, 0.25) is 0 Å². The molecule has 1 aromatic carbocycles. The van der Waals surface area contributed by atoms with Crippen LogP contribution in [0.1, 0.15) is 25.5 Å². The fourth-order valence-electron chi connectivity index (χ4n) is 3.31. The van der Waals surface area contributed by atoms with Crippen LogP contribution in [0.25, 0.3) is 5.69 Å². The Labute approximate surface area is 161 Å². The third kappa shape index (κ3) is 5.01. The van der Waals surface area contributed by atoms with Gasteiger partial charge in [0.2, 0.25) is 0 Å². The number of ether oxygens (including phenoxy) is 2. The largest absolute Gasteiger partial charge is 0.497 e. The Kier molecular flexibility index (Phi) is 6.70. The highest BCUT2D eigenvalue weighted by atomic mass is 16.5. The van der Waals surface area contributed by atoms with Crippen LogP contribution in [0.15, 0.2) is 41.5 Å². The first kappa shape index (κ1) is 19.2. The molecule has 0 atom stereocenters. The van der Waals surface area contributed by atoms with Crippen molar-refractivity contribution in [2.24, 2.45) is 4.99 Å². The molecule has 1 saturated heterocycles. The zero-order valence-corrected chi connectivity index (χ0v) is 16.4. The van der Waals surface area contributed by atoms with Gasteiger partial charge in [-0.05, 0) is 50.1 Å². The molecule has 1 N–H and O–H groups in total. The first-order chi connectivity index (χ1) is 13.2. The smallest absolute Gasteiger partial charge is 0.193 e. The van der Waals surface area contributed by atoms with Crippen molar-refractivity contribution >= 4 is 5.96 Å². The van der Waals surface area contributed by atoms with E-state index >= 15 is 0 Å². The second kappa shape index (κ2) is 9.41. The molecule has 2 aromatic rings. The van der Waals surface area contributed by atoms with E-state index < -0.39 is 0 Å². The standard InChI is InChI=1S/C20H29N5O2/c1-4-27-19-10-12-24(13-11-19)20(21-2)22-15-16-9-14-25(23-16)17-5-7-18(26-3)8-6-17/h5-9,14,19H,4,10-13,15H2,1-3H3,(H,21,22). The van der Waals surface area contributed by atoms with Crippen LogP contribution in [0.5, 0.6) is 5.75 Å². The van der Waals surface area contributed by atoms with E-state index in [9.17, 15) is 0 Å². The van der Waals surface area contributed by atoms with E-state index in [1.807, 2.05) is 48.3 Å². The number of methoxy groups -OCH3 is 1. The highest BCUT2D eigenvalue weighted by Gasteiger charge is 2.21. The van der Waals surface area contributed by atoms with E-state index in [1.54, 1.807) is 7.11 Å². The van der Waals surface area contributed by atoms with Crippen molar-refractivity contribution in [1.82, 2.24) is 20.0 Å². The van der Waals surface area contributed by atoms with Gasteiger partial charge >= 0.3 is 0 Å². The molecular weight excluding hydrogens is 342 g/mol. The second-order valence-corrected chi connectivity index (χ2v) is 6.49. The fourth-order valence-corrected chi connectivity index (χ4v) is 3.31. The van der Waals surface area contributed by atoms with Crippen LogP contribution in [-0.4, -0.2) is 60.6 Å². The molecular formula is C20H29N5O2. The van der Waals surface area contributed by atoms with Gasteiger partial charge < -0.3 is 19.7 Å². The molecule has 1 aromatic heterocycles. The molecule has 3 rings (SSSR count). The maximum atomic E-state index is 5.73. The average molecular weight is 371 g/mol. The van der Waals surface area contributed by atoms with Gasteiger partial charge in [-0.15, -0.1) is 0 Å². The quantitative estimate of drug-likeness (QED) is 0.624. The number of hydrogen-bond donors (Lipinski definition) is 1. The van der Waals surface area contributed by atoms with Crippen LogP contribution in [0, 0.1) is 0 Å². The van der Waals surface area contributed by atoms with Gasteiger partial charge in [-0.3, -0.25) is 4.99 Å². The normalized spacial score (nSPS) is 15.8. The number of aliphatic imine (C=N–C) groups is 1. The highest BCUT2D eigenvalue weighted by Crippen LogP contribution is 2.15. The van der Waals surface area contributed by atoms with Gasteiger partial charge in [0.15, 0.2) is 5.96 Å². The van der Waals surface area contributed by atoms with E-state index in [1.165, 1.54) is 0 Å². The molecule has 0 bridgehead atoms. The fraction of sp³-hybridized carbons (Fsp3) is 0.500. The van der Waals surface area contributed by atoms with E-state index in [0.717, 1.165) is 55.6 Å². The summed E-state index contributed by atoms with van der Waals surface area (Å²) < 4.78 is 12.8. The van der Waals surface area contributed by atoms with Crippen LogP contribution < -0.4 is 10.1 Å². The topological polar surface area (TPSA) is 63.9 Å². The minimum atomic E-state index is 0.379. The summed E-state index contributed by atoms with van der Waals surface area (Å²) in [6.45, 7) is 5.41. The molecule has 0 aliphatic carbocycles. The third-order valence-electron chi connectivity index (χ3n) is 4.76. The predicted molar refractivity (Wildman–Crippen MR) is 107 cm³/mol. The van der Waals surface area contributed by atoms with Crippen LogP contribution in [-0.2, 0) is 11.3 Å². The maximum absolute atomic E-state index is 5.73. The van der Waals surface area contributed by atoms with Crippen molar-refractivity contribution in [2.75, 3.05) is 33.9 Å². The molecule has 1 fully saturated rings. The van der Waals surface area contributed by atoms with Crippen molar-refractivity contribution in [3.05, 3.63) is 42.2 Å². The number of likely N-dealkylation sites (tertiary alicyclic amines) is 1. The van der Waals surface area contributed by atoms with Gasteiger partial charge in [0.05, 0.1) is 31.1 Å². The Morgan fingerprint density at radius 1 is 1.22 bits per heavy atom. The molecule has 2 heterocycles. The molecule has 0 spiro atoms. The Hall–Kier alpha value is -2.54. The lowest BCUT2D eigenvalue weighted by Crippen LogP contribution is -2.46. The number of aromatic nitrogens is 2. The van der Waals surface area contributed by atoms with Crippen LogP contribution in [0.4, 0.5) is 0 Å². The van der Waals surface area contributed by atoms with Crippen molar-refractivity contribution in [3.63, 3.8) is 0 Å². The summed E-state index contributed by atoms with van der Waals surface area (Å²) in [5, 5.41) is 8.07. The number of nitrogens with zero attached hydrogens (tertiary/aromatic N) is 4. The Morgan fingerprint density at radius 3 is 2.59 bits per heavy atom. The SMILES string of the molecule is CCOC1CCN(C(=NC)NCc2ccn(-c3ccc(OC)cc3)n2)CC1. The highest BCUT2D eigenvalue weighted by molar-refractivity contribution is 5.79.